The molecule has 0 aliphatic rings. The second kappa shape index (κ2) is 5.19. The van der Waals surface area contributed by atoms with Gasteiger partial charge in [0.15, 0.2) is 0 Å². The molecular formula is C13H16F3NO2. The minimum Gasteiger partial charge on any atom is -0.265 e. The third kappa shape index (κ3) is 3.94. The number of alkyl halides is 3. The average molecular weight is 275 g/mol. The normalized spacial score (nSPS) is 14.2. The first-order valence-electron chi connectivity index (χ1n) is 5.81. The Balaban J connectivity index is 3.35. The molecule has 19 heavy (non-hydrogen) atoms. The molecule has 0 radical (unpaired) electrons. The van der Waals surface area contributed by atoms with Crippen molar-refractivity contribution in [3.05, 3.63) is 45.5 Å². The van der Waals surface area contributed by atoms with Gasteiger partial charge in [-0.05, 0) is 17.0 Å². The van der Waals surface area contributed by atoms with E-state index in [9.17, 15) is 23.3 Å². The maximum Gasteiger partial charge on any atom is 0.416 e. The van der Waals surface area contributed by atoms with Gasteiger partial charge in [0.2, 0.25) is 6.54 Å². The van der Waals surface area contributed by atoms with Gasteiger partial charge in [-0.3, -0.25) is 10.1 Å². The lowest BCUT2D eigenvalue weighted by molar-refractivity contribution is -0.486. The topological polar surface area (TPSA) is 43.1 Å². The molecule has 0 aliphatic heterocycles. The van der Waals surface area contributed by atoms with Crippen molar-refractivity contribution in [3.8, 4) is 0 Å². The van der Waals surface area contributed by atoms with Gasteiger partial charge in [0.1, 0.15) is 0 Å². The van der Waals surface area contributed by atoms with Crippen LogP contribution in [0.15, 0.2) is 24.3 Å². The first-order valence-corrected chi connectivity index (χ1v) is 5.81. The first kappa shape index (κ1) is 15.5. The number of rotatable bonds is 3. The van der Waals surface area contributed by atoms with Gasteiger partial charge in [0.25, 0.3) is 0 Å². The Bertz CT molecular complexity index is 464. The molecule has 6 heteroatoms. The Morgan fingerprint density at radius 2 is 1.74 bits per heavy atom. The van der Waals surface area contributed by atoms with Crippen molar-refractivity contribution in [1.82, 2.24) is 0 Å². The van der Waals surface area contributed by atoms with E-state index in [1.807, 2.05) is 0 Å². The van der Waals surface area contributed by atoms with Crippen molar-refractivity contribution in [2.45, 2.75) is 32.9 Å². The minimum absolute atomic E-state index is 0.0146. The maximum absolute atomic E-state index is 13.0. The quantitative estimate of drug-likeness (QED) is 0.615. The SMILES string of the molecule is CC(C)(C)C(C[N+](=O)[O-])c1ccccc1C(F)(F)F. The van der Waals surface area contributed by atoms with Crippen LogP contribution in [0.2, 0.25) is 0 Å². The summed E-state index contributed by atoms with van der Waals surface area (Å²) in [6.07, 6.45) is -4.50. The molecule has 0 saturated carbocycles. The number of nitrogens with zero attached hydrogens (tertiary/aromatic N) is 1. The highest BCUT2D eigenvalue weighted by atomic mass is 19.4. The van der Waals surface area contributed by atoms with Crippen LogP contribution in [0, 0.1) is 15.5 Å². The van der Waals surface area contributed by atoms with Crippen molar-refractivity contribution >= 4 is 0 Å². The smallest absolute Gasteiger partial charge is 0.265 e. The van der Waals surface area contributed by atoms with Gasteiger partial charge >= 0.3 is 6.18 Å². The standard InChI is InChI=1S/C13H16F3NO2/c1-12(2,3)11(8-17(18)19)9-6-4-5-7-10(9)13(14,15)16/h4-7,11H,8H2,1-3H3. The molecule has 3 nitrogen and oxygen atoms in total. The molecule has 0 amide bonds. The van der Waals surface area contributed by atoms with Crippen molar-refractivity contribution in [2.24, 2.45) is 5.41 Å². The van der Waals surface area contributed by atoms with Crippen molar-refractivity contribution in [1.29, 1.82) is 0 Å². The van der Waals surface area contributed by atoms with Crippen LogP contribution in [-0.4, -0.2) is 11.5 Å². The molecule has 1 atom stereocenters. The molecule has 0 saturated heterocycles. The summed E-state index contributed by atoms with van der Waals surface area (Å²) >= 11 is 0. The Labute approximate surface area is 109 Å². The third-order valence-corrected chi connectivity index (χ3v) is 3.02. The second-order valence-electron chi connectivity index (χ2n) is 5.52. The van der Waals surface area contributed by atoms with Crippen molar-refractivity contribution in [2.75, 3.05) is 6.54 Å². The second-order valence-corrected chi connectivity index (χ2v) is 5.52. The Morgan fingerprint density at radius 1 is 1.21 bits per heavy atom. The summed E-state index contributed by atoms with van der Waals surface area (Å²) in [7, 11) is 0. The molecule has 0 heterocycles. The van der Waals surface area contributed by atoms with Crippen LogP contribution in [0.25, 0.3) is 0 Å². The zero-order chi connectivity index (χ0) is 14.8. The number of nitro groups is 1. The number of benzene rings is 1. The fourth-order valence-corrected chi connectivity index (χ4v) is 2.05. The average Bonchev–Trinajstić information content (AvgIpc) is 2.23. The van der Waals surface area contributed by atoms with E-state index in [2.05, 4.69) is 0 Å². The monoisotopic (exact) mass is 275 g/mol. The molecule has 0 fully saturated rings. The lowest BCUT2D eigenvalue weighted by Crippen LogP contribution is -2.28. The van der Waals surface area contributed by atoms with Crippen LogP contribution in [0.3, 0.4) is 0 Å². The first-order chi connectivity index (χ1) is 8.53. The molecule has 1 aromatic rings. The predicted octanol–water partition coefficient (Wildman–Crippen LogP) is 4.11. The van der Waals surface area contributed by atoms with E-state index in [4.69, 9.17) is 0 Å². The van der Waals surface area contributed by atoms with E-state index in [0.29, 0.717) is 0 Å². The van der Waals surface area contributed by atoms with E-state index in [1.165, 1.54) is 18.2 Å². The maximum atomic E-state index is 13.0. The lowest BCUT2D eigenvalue weighted by Gasteiger charge is -2.29. The van der Waals surface area contributed by atoms with Crippen LogP contribution in [0.5, 0.6) is 0 Å². The van der Waals surface area contributed by atoms with Gasteiger partial charge in [-0.15, -0.1) is 0 Å². The van der Waals surface area contributed by atoms with Gasteiger partial charge in [-0.25, -0.2) is 0 Å². The molecule has 0 aliphatic carbocycles. The Hall–Kier alpha value is -1.59. The van der Waals surface area contributed by atoms with Gasteiger partial charge in [-0.2, -0.15) is 13.2 Å². The molecule has 0 N–H and O–H groups in total. The van der Waals surface area contributed by atoms with E-state index in [0.717, 1.165) is 6.07 Å². The van der Waals surface area contributed by atoms with E-state index in [1.54, 1.807) is 20.8 Å². The molecule has 0 spiro atoms. The van der Waals surface area contributed by atoms with Crippen LogP contribution in [-0.2, 0) is 6.18 Å². The van der Waals surface area contributed by atoms with Crippen molar-refractivity contribution in [3.63, 3.8) is 0 Å². The lowest BCUT2D eigenvalue weighted by atomic mass is 9.75. The highest BCUT2D eigenvalue weighted by molar-refractivity contribution is 5.34. The summed E-state index contributed by atoms with van der Waals surface area (Å²) < 4.78 is 38.9. The summed E-state index contributed by atoms with van der Waals surface area (Å²) in [4.78, 5) is 10.1. The summed E-state index contributed by atoms with van der Waals surface area (Å²) in [5.41, 5.74) is -1.44. The molecule has 1 unspecified atom stereocenters. The minimum atomic E-state index is -4.50. The highest BCUT2D eigenvalue weighted by Gasteiger charge is 2.39. The van der Waals surface area contributed by atoms with E-state index < -0.39 is 34.5 Å². The summed E-state index contributed by atoms with van der Waals surface area (Å²) in [5, 5.41) is 10.7. The van der Waals surface area contributed by atoms with E-state index in [-0.39, 0.29) is 5.56 Å². The third-order valence-electron chi connectivity index (χ3n) is 3.02. The molecule has 0 aromatic heterocycles. The zero-order valence-electron chi connectivity index (χ0n) is 11.0. The van der Waals surface area contributed by atoms with Gasteiger partial charge < -0.3 is 0 Å². The fourth-order valence-electron chi connectivity index (χ4n) is 2.05. The Morgan fingerprint density at radius 3 is 2.16 bits per heavy atom. The summed E-state index contributed by atoms with van der Waals surface area (Å²) in [5.74, 6) is -0.791. The molecule has 1 rings (SSSR count). The highest BCUT2D eigenvalue weighted by Crippen LogP contribution is 2.41. The van der Waals surface area contributed by atoms with Crippen molar-refractivity contribution < 1.29 is 18.1 Å². The van der Waals surface area contributed by atoms with Gasteiger partial charge in [0.05, 0.1) is 11.5 Å². The van der Waals surface area contributed by atoms with Crippen LogP contribution < -0.4 is 0 Å². The van der Waals surface area contributed by atoms with Crippen LogP contribution in [0.4, 0.5) is 13.2 Å². The summed E-state index contributed by atoms with van der Waals surface area (Å²) in [6, 6.07) is 5.05. The number of halogens is 3. The van der Waals surface area contributed by atoms with Gasteiger partial charge in [-0.1, -0.05) is 39.0 Å². The fraction of sp³-hybridized carbons (Fsp3) is 0.538. The molecular weight excluding hydrogens is 259 g/mol. The largest absolute Gasteiger partial charge is 0.416 e. The van der Waals surface area contributed by atoms with Crippen LogP contribution in [0.1, 0.15) is 37.8 Å². The van der Waals surface area contributed by atoms with E-state index >= 15 is 0 Å². The molecule has 1 aromatic carbocycles. The zero-order valence-corrected chi connectivity index (χ0v) is 11.0. The summed E-state index contributed by atoms with van der Waals surface area (Å²) in [6.45, 7) is 4.59. The molecule has 106 valence electrons. The van der Waals surface area contributed by atoms with Crippen LogP contribution >= 0.6 is 0 Å². The molecule has 0 bridgehead atoms. The Kier molecular flexibility index (Phi) is 4.22. The van der Waals surface area contributed by atoms with Gasteiger partial charge in [0, 0.05) is 4.92 Å². The number of hydrogen-bond acceptors (Lipinski definition) is 2. The predicted molar refractivity (Wildman–Crippen MR) is 65.5 cm³/mol. The number of hydrogen-bond donors (Lipinski definition) is 0.